The molecule has 0 spiro atoms. The van der Waals surface area contributed by atoms with Crippen LogP contribution in [0, 0.1) is 17.8 Å². The molecule has 4 nitrogen and oxygen atoms in total. The maximum Gasteiger partial charge on any atom is 0.138 e. The number of likely N-dealkylation sites (tertiary alicyclic amines) is 1. The molecule has 33 heavy (non-hydrogen) atoms. The van der Waals surface area contributed by atoms with Crippen molar-refractivity contribution in [2.24, 2.45) is 17.8 Å². The van der Waals surface area contributed by atoms with Crippen LogP contribution in [0.2, 0.25) is 0 Å². The van der Waals surface area contributed by atoms with Crippen molar-refractivity contribution in [3.63, 3.8) is 0 Å². The number of ketones is 1. The van der Waals surface area contributed by atoms with E-state index in [1.165, 1.54) is 42.6 Å². The Labute approximate surface area is 200 Å². The van der Waals surface area contributed by atoms with Crippen LogP contribution in [0.4, 0.5) is 0 Å². The van der Waals surface area contributed by atoms with E-state index in [2.05, 4.69) is 59.0 Å². The van der Waals surface area contributed by atoms with E-state index in [0.717, 1.165) is 44.7 Å². The Bertz CT molecular complexity index is 882. The van der Waals surface area contributed by atoms with Gasteiger partial charge in [0, 0.05) is 31.1 Å². The number of aromatic nitrogens is 2. The van der Waals surface area contributed by atoms with E-state index in [9.17, 15) is 4.79 Å². The molecule has 0 radical (unpaired) electrons. The summed E-state index contributed by atoms with van der Waals surface area (Å²) in [4.78, 5) is 14.9. The van der Waals surface area contributed by atoms with Crippen molar-refractivity contribution < 1.29 is 4.79 Å². The number of carbonyl (C=O) groups is 1. The van der Waals surface area contributed by atoms with E-state index >= 15 is 0 Å². The van der Waals surface area contributed by atoms with Crippen LogP contribution >= 0.6 is 0 Å². The minimum Gasteiger partial charge on any atom is -0.299 e. The SMILES string of the molecule is CC(C)C(=O)C1CCC(c2ccc(CN3CCC(Cn4cc(C(C)C)cn4)CC3)cc2)CC1. The summed E-state index contributed by atoms with van der Waals surface area (Å²) in [7, 11) is 0. The fourth-order valence-corrected chi connectivity index (χ4v) is 5.71. The molecule has 1 saturated heterocycles. The predicted octanol–water partition coefficient (Wildman–Crippen LogP) is 6.42. The van der Waals surface area contributed by atoms with E-state index < -0.39 is 0 Å². The zero-order chi connectivity index (χ0) is 23.4. The van der Waals surface area contributed by atoms with Crippen LogP contribution in [-0.2, 0) is 17.9 Å². The van der Waals surface area contributed by atoms with E-state index in [1.54, 1.807) is 0 Å². The molecule has 4 rings (SSSR count). The highest BCUT2D eigenvalue weighted by molar-refractivity contribution is 5.82. The maximum absolute atomic E-state index is 12.3. The molecular weight excluding hydrogens is 406 g/mol. The number of hydrogen-bond acceptors (Lipinski definition) is 3. The molecule has 0 amide bonds. The highest BCUT2D eigenvalue weighted by Crippen LogP contribution is 2.37. The second-order valence-corrected chi connectivity index (χ2v) is 11.2. The standard InChI is InChI=1S/C29H43N3O/c1-21(2)28-17-30-32(20-28)19-24-13-15-31(16-14-24)18-23-5-7-25(8-6-23)26-9-11-27(12-10-26)29(33)22(3)4/h5-8,17,20-22,24,26-27H,9-16,18-19H2,1-4H3. The zero-order valence-corrected chi connectivity index (χ0v) is 21.2. The summed E-state index contributed by atoms with van der Waals surface area (Å²) in [6, 6.07) is 9.37. The fraction of sp³-hybridized carbons (Fsp3) is 0.655. The van der Waals surface area contributed by atoms with Gasteiger partial charge in [0.05, 0.1) is 6.20 Å². The van der Waals surface area contributed by atoms with Crippen molar-refractivity contribution in [2.75, 3.05) is 13.1 Å². The average molecular weight is 450 g/mol. The number of Topliss-reactive ketones (excluding diaryl/α,β-unsaturated/α-hetero) is 1. The van der Waals surface area contributed by atoms with Gasteiger partial charge in [0.25, 0.3) is 0 Å². The Kier molecular flexibility index (Phi) is 8.06. The lowest BCUT2D eigenvalue weighted by Gasteiger charge is -2.32. The van der Waals surface area contributed by atoms with Crippen LogP contribution in [0.1, 0.15) is 94.7 Å². The lowest BCUT2D eigenvalue weighted by Crippen LogP contribution is -2.34. The number of rotatable bonds is 8. The fourth-order valence-electron chi connectivity index (χ4n) is 5.71. The molecule has 1 aromatic heterocycles. The lowest BCUT2D eigenvalue weighted by molar-refractivity contribution is -0.126. The Morgan fingerprint density at radius 3 is 2.21 bits per heavy atom. The van der Waals surface area contributed by atoms with Crippen LogP contribution in [0.3, 0.4) is 0 Å². The van der Waals surface area contributed by atoms with Crippen molar-refractivity contribution in [3.8, 4) is 0 Å². The summed E-state index contributed by atoms with van der Waals surface area (Å²) >= 11 is 0. The molecule has 2 aromatic rings. The van der Waals surface area contributed by atoms with Gasteiger partial charge in [-0.1, -0.05) is 52.0 Å². The van der Waals surface area contributed by atoms with Gasteiger partial charge in [0.1, 0.15) is 5.78 Å². The second-order valence-electron chi connectivity index (χ2n) is 11.2. The van der Waals surface area contributed by atoms with Crippen LogP contribution in [0.25, 0.3) is 0 Å². The molecule has 0 unspecified atom stereocenters. The molecule has 0 bridgehead atoms. The summed E-state index contributed by atoms with van der Waals surface area (Å²) in [5.41, 5.74) is 4.23. The molecule has 1 aliphatic heterocycles. The first-order valence-electron chi connectivity index (χ1n) is 13.3. The van der Waals surface area contributed by atoms with Gasteiger partial charge in [-0.2, -0.15) is 5.10 Å². The van der Waals surface area contributed by atoms with Gasteiger partial charge in [-0.3, -0.25) is 14.4 Å². The Balaban J connectivity index is 1.21. The van der Waals surface area contributed by atoms with Gasteiger partial charge >= 0.3 is 0 Å². The number of benzene rings is 1. The molecule has 4 heteroatoms. The van der Waals surface area contributed by atoms with Crippen LogP contribution in [-0.4, -0.2) is 33.6 Å². The van der Waals surface area contributed by atoms with Crippen molar-refractivity contribution in [1.29, 1.82) is 0 Å². The second kappa shape index (κ2) is 11.0. The summed E-state index contributed by atoms with van der Waals surface area (Å²) in [5.74, 6) is 2.87. The molecule has 2 heterocycles. The van der Waals surface area contributed by atoms with E-state index in [1.807, 2.05) is 20.0 Å². The Morgan fingerprint density at radius 1 is 0.970 bits per heavy atom. The van der Waals surface area contributed by atoms with Crippen molar-refractivity contribution in [3.05, 3.63) is 53.3 Å². The lowest BCUT2D eigenvalue weighted by atomic mass is 9.75. The highest BCUT2D eigenvalue weighted by atomic mass is 16.1. The number of nitrogens with zero attached hydrogens (tertiary/aromatic N) is 3. The number of piperidine rings is 1. The molecule has 2 fully saturated rings. The van der Waals surface area contributed by atoms with Crippen LogP contribution < -0.4 is 0 Å². The van der Waals surface area contributed by atoms with Crippen molar-refractivity contribution in [2.45, 2.75) is 91.1 Å². The van der Waals surface area contributed by atoms with E-state index in [4.69, 9.17) is 0 Å². The van der Waals surface area contributed by atoms with E-state index in [-0.39, 0.29) is 5.92 Å². The van der Waals surface area contributed by atoms with Crippen molar-refractivity contribution in [1.82, 2.24) is 14.7 Å². The van der Waals surface area contributed by atoms with Gasteiger partial charge in [0.2, 0.25) is 0 Å². The molecular formula is C29H43N3O. The third-order valence-corrected chi connectivity index (χ3v) is 8.03. The molecule has 1 saturated carbocycles. The monoisotopic (exact) mass is 449 g/mol. The van der Waals surface area contributed by atoms with Gasteiger partial charge in [-0.15, -0.1) is 0 Å². The Morgan fingerprint density at radius 2 is 1.64 bits per heavy atom. The van der Waals surface area contributed by atoms with Gasteiger partial charge in [-0.25, -0.2) is 0 Å². The van der Waals surface area contributed by atoms with Gasteiger partial charge < -0.3 is 0 Å². The third kappa shape index (κ3) is 6.35. The minimum atomic E-state index is 0.180. The first-order chi connectivity index (χ1) is 15.9. The summed E-state index contributed by atoms with van der Waals surface area (Å²) < 4.78 is 2.15. The maximum atomic E-state index is 12.3. The summed E-state index contributed by atoms with van der Waals surface area (Å²) in [5, 5.41) is 4.57. The third-order valence-electron chi connectivity index (χ3n) is 8.03. The molecule has 2 aliphatic rings. The van der Waals surface area contributed by atoms with Crippen molar-refractivity contribution >= 4 is 5.78 Å². The zero-order valence-electron chi connectivity index (χ0n) is 21.2. The molecule has 0 atom stereocenters. The molecule has 1 aromatic carbocycles. The highest BCUT2D eigenvalue weighted by Gasteiger charge is 2.28. The molecule has 180 valence electrons. The average Bonchev–Trinajstić information content (AvgIpc) is 3.29. The number of carbonyl (C=O) groups excluding carboxylic acids is 1. The minimum absolute atomic E-state index is 0.180. The summed E-state index contributed by atoms with van der Waals surface area (Å²) in [6.07, 6.45) is 11.2. The Hall–Kier alpha value is -1.94. The first-order valence-corrected chi connectivity index (χ1v) is 13.3. The van der Waals surface area contributed by atoms with Gasteiger partial charge in [0.15, 0.2) is 0 Å². The topological polar surface area (TPSA) is 38.1 Å². The smallest absolute Gasteiger partial charge is 0.138 e. The first kappa shape index (κ1) is 24.2. The molecule has 1 aliphatic carbocycles. The number of hydrogen-bond donors (Lipinski definition) is 0. The van der Waals surface area contributed by atoms with E-state index in [0.29, 0.717) is 23.5 Å². The van der Waals surface area contributed by atoms with Crippen LogP contribution in [0.15, 0.2) is 36.7 Å². The quantitative estimate of drug-likeness (QED) is 0.467. The van der Waals surface area contributed by atoms with Gasteiger partial charge in [-0.05, 0) is 86.1 Å². The van der Waals surface area contributed by atoms with Crippen LogP contribution in [0.5, 0.6) is 0 Å². The molecule has 0 N–H and O–H groups in total. The normalized spacial score (nSPS) is 22.8. The summed E-state index contributed by atoms with van der Waals surface area (Å²) in [6.45, 7) is 13.0. The largest absolute Gasteiger partial charge is 0.299 e. The predicted molar refractivity (Wildman–Crippen MR) is 135 cm³/mol.